The number of hydrogen-bond donors (Lipinski definition) is 1. The summed E-state index contributed by atoms with van der Waals surface area (Å²) in [6, 6.07) is 0. The zero-order valence-corrected chi connectivity index (χ0v) is 26.2. The van der Waals surface area contributed by atoms with Crippen LogP contribution in [-0.4, -0.2) is 174 Å². The van der Waals surface area contributed by atoms with Crippen molar-refractivity contribution < 1.29 is 66.5 Å². The molecular formula is C29H50N2O14. The Balaban J connectivity index is 1.65. The molecule has 1 N–H and O–H groups in total. The molecule has 260 valence electrons. The van der Waals surface area contributed by atoms with Gasteiger partial charge in [-0.3, -0.25) is 19.3 Å². The fourth-order valence-corrected chi connectivity index (χ4v) is 3.26. The zero-order chi connectivity index (χ0) is 32.5. The number of carbonyl (C=O) groups excluding carboxylic acids is 4. The van der Waals surface area contributed by atoms with E-state index in [1.54, 1.807) is 0 Å². The third-order valence-electron chi connectivity index (χ3n) is 5.50. The first kappa shape index (κ1) is 40.6. The summed E-state index contributed by atoms with van der Waals surface area (Å²) in [6.07, 6.45) is 3.50. The predicted molar refractivity (Wildman–Crippen MR) is 158 cm³/mol. The van der Waals surface area contributed by atoms with Gasteiger partial charge in [0.05, 0.1) is 132 Å². The molecule has 1 aliphatic heterocycles. The van der Waals surface area contributed by atoms with Gasteiger partial charge in [-0.25, -0.2) is 0 Å². The lowest BCUT2D eigenvalue weighted by Gasteiger charge is -2.13. The van der Waals surface area contributed by atoms with Crippen molar-refractivity contribution >= 4 is 24.0 Å². The highest BCUT2D eigenvalue weighted by Gasteiger charge is 2.25. The molecule has 0 aliphatic carbocycles. The molecule has 0 aromatic carbocycles. The van der Waals surface area contributed by atoms with E-state index in [4.69, 9.17) is 47.4 Å². The van der Waals surface area contributed by atoms with Crippen molar-refractivity contribution in [1.29, 1.82) is 0 Å². The maximum absolute atomic E-state index is 11.7. The van der Waals surface area contributed by atoms with Crippen LogP contribution < -0.4 is 5.32 Å². The number of amides is 3. The van der Waals surface area contributed by atoms with E-state index in [0.29, 0.717) is 132 Å². The largest absolute Gasteiger partial charge is 0.379 e. The van der Waals surface area contributed by atoms with Crippen LogP contribution in [0.3, 0.4) is 0 Å². The summed E-state index contributed by atoms with van der Waals surface area (Å²) in [5, 5.41) is 2.58. The topological polar surface area (TPSA) is 176 Å². The van der Waals surface area contributed by atoms with Gasteiger partial charge in [0.1, 0.15) is 12.8 Å². The minimum atomic E-state index is -0.492. The normalized spacial score (nSPS) is 12.8. The van der Waals surface area contributed by atoms with Gasteiger partial charge >= 0.3 is 0 Å². The summed E-state index contributed by atoms with van der Waals surface area (Å²) in [5.41, 5.74) is 0. The molecule has 0 bridgehead atoms. The average molecular weight is 651 g/mol. The molecular weight excluding hydrogens is 600 g/mol. The van der Waals surface area contributed by atoms with Gasteiger partial charge in [0.2, 0.25) is 5.91 Å². The van der Waals surface area contributed by atoms with E-state index in [2.05, 4.69) is 5.32 Å². The number of imide groups is 1. The number of nitrogens with one attached hydrogen (secondary N) is 1. The lowest BCUT2D eigenvalue weighted by molar-refractivity contribution is -0.141. The molecule has 45 heavy (non-hydrogen) atoms. The summed E-state index contributed by atoms with van der Waals surface area (Å²) in [4.78, 5) is 45.6. The molecule has 0 aromatic rings. The van der Waals surface area contributed by atoms with Gasteiger partial charge < -0.3 is 57.5 Å². The number of nitrogens with zero attached hydrogens (tertiary/aromatic N) is 1. The number of hydrogen-bond acceptors (Lipinski definition) is 14. The molecule has 0 saturated heterocycles. The van der Waals surface area contributed by atoms with E-state index in [-0.39, 0.29) is 19.7 Å². The Kier molecular flexibility index (Phi) is 28.5. The van der Waals surface area contributed by atoms with Gasteiger partial charge in [0.25, 0.3) is 11.8 Å². The number of carbonyl (C=O) groups is 4. The van der Waals surface area contributed by atoms with E-state index in [1.807, 2.05) is 0 Å². The van der Waals surface area contributed by atoms with Gasteiger partial charge in [-0.05, 0) is 0 Å². The van der Waals surface area contributed by atoms with Gasteiger partial charge in [0.15, 0.2) is 0 Å². The summed E-state index contributed by atoms with van der Waals surface area (Å²) in [7, 11) is 0. The van der Waals surface area contributed by atoms with Crippen molar-refractivity contribution in [2.45, 2.75) is 6.42 Å². The maximum atomic E-state index is 11.7. The molecule has 1 aliphatic rings. The quantitative estimate of drug-likeness (QED) is 0.0491. The van der Waals surface area contributed by atoms with Crippen LogP contribution in [0, 0.1) is 0 Å². The van der Waals surface area contributed by atoms with Crippen molar-refractivity contribution in [1.82, 2.24) is 10.2 Å². The van der Waals surface area contributed by atoms with Crippen LogP contribution in [0.1, 0.15) is 6.42 Å². The second kappa shape index (κ2) is 31.6. The van der Waals surface area contributed by atoms with Crippen LogP contribution in [0.25, 0.3) is 0 Å². The van der Waals surface area contributed by atoms with Crippen molar-refractivity contribution in [3.8, 4) is 0 Å². The Bertz CT molecular complexity index is 768. The summed E-state index contributed by atoms with van der Waals surface area (Å²) in [6.45, 7) is 8.91. The summed E-state index contributed by atoms with van der Waals surface area (Å²) in [5.74, 6) is -1.41. The molecule has 1 rings (SSSR count). The smallest absolute Gasteiger partial charge is 0.254 e. The van der Waals surface area contributed by atoms with E-state index in [0.717, 1.165) is 23.3 Å². The van der Waals surface area contributed by atoms with Gasteiger partial charge in [-0.1, -0.05) is 0 Å². The van der Waals surface area contributed by atoms with Gasteiger partial charge in [0, 0.05) is 25.1 Å². The molecule has 0 unspecified atom stereocenters. The Morgan fingerprint density at radius 3 is 1.11 bits per heavy atom. The van der Waals surface area contributed by atoms with E-state index in [9.17, 15) is 19.2 Å². The van der Waals surface area contributed by atoms with Crippen LogP contribution in [0.15, 0.2) is 12.2 Å². The first-order valence-electron chi connectivity index (χ1n) is 15.2. The minimum Gasteiger partial charge on any atom is -0.379 e. The Morgan fingerprint density at radius 2 is 0.800 bits per heavy atom. The van der Waals surface area contributed by atoms with E-state index >= 15 is 0 Å². The fourth-order valence-electron chi connectivity index (χ4n) is 3.26. The Hall–Kier alpha value is -2.38. The molecule has 0 saturated carbocycles. The molecule has 16 nitrogen and oxygen atoms in total. The fraction of sp³-hybridized carbons (Fsp3) is 0.793. The molecule has 0 fully saturated rings. The lowest BCUT2D eigenvalue weighted by atomic mass is 10.4. The predicted octanol–water partition coefficient (Wildman–Crippen LogP) is -1.22. The average Bonchev–Trinajstić information content (AvgIpc) is 3.35. The first-order chi connectivity index (χ1) is 22.1. The standard InChI is InChI=1S/C29H50N2O14/c32-5-1-6-36-8-10-38-12-14-40-16-18-42-20-22-44-24-25-45-23-21-43-19-17-41-15-13-39-11-9-37-7-4-30-27(33)26-31-28(34)2-3-29(31)35/h2-3,5H,1,4,6-26H2,(H,30,33). The highest BCUT2D eigenvalue weighted by Crippen LogP contribution is 2.02. The maximum Gasteiger partial charge on any atom is 0.254 e. The summed E-state index contributed by atoms with van der Waals surface area (Å²) < 4.78 is 53.9. The first-order valence-corrected chi connectivity index (χ1v) is 15.2. The van der Waals surface area contributed by atoms with E-state index < -0.39 is 17.7 Å². The van der Waals surface area contributed by atoms with Crippen molar-refractivity contribution in [3.63, 3.8) is 0 Å². The number of ether oxygens (including phenoxy) is 10. The molecule has 3 amide bonds. The second-order valence-electron chi connectivity index (χ2n) is 9.02. The monoisotopic (exact) mass is 650 g/mol. The van der Waals surface area contributed by atoms with Crippen LogP contribution in [-0.2, 0) is 66.5 Å². The zero-order valence-electron chi connectivity index (χ0n) is 26.2. The highest BCUT2D eigenvalue weighted by molar-refractivity contribution is 6.14. The second-order valence-corrected chi connectivity index (χ2v) is 9.02. The van der Waals surface area contributed by atoms with Gasteiger partial charge in [-0.15, -0.1) is 0 Å². The van der Waals surface area contributed by atoms with Crippen molar-refractivity contribution in [2.24, 2.45) is 0 Å². The van der Waals surface area contributed by atoms with Crippen LogP contribution in [0.2, 0.25) is 0 Å². The van der Waals surface area contributed by atoms with Crippen LogP contribution in [0.4, 0.5) is 0 Å². The third-order valence-corrected chi connectivity index (χ3v) is 5.50. The van der Waals surface area contributed by atoms with Gasteiger partial charge in [-0.2, -0.15) is 0 Å². The molecule has 0 atom stereocenters. The molecule has 0 radical (unpaired) electrons. The molecule has 0 spiro atoms. The highest BCUT2D eigenvalue weighted by atomic mass is 16.6. The van der Waals surface area contributed by atoms with Crippen LogP contribution in [0.5, 0.6) is 0 Å². The Labute approximate surface area is 264 Å². The molecule has 1 heterocycles. The van der Waals surface area contributed by atoms with Crippen LogP contribution >= 0.6 is 0 Å². The third kappa shape index (κ3) is 26.5. The molecule has 0 aromatic heterocycles. The van der Waals surface area contributed by atoms with Crippen molar-refractivity contribution in [2.75, 3.05) is 145 Å². The number of aldehydes is 1. The SMILES string of the molecule is O=CCCOCCOCCOCCOCCOCCOCCOCCOCCOCCOCCNC(=O)CN1C(=O)C=CC1=O. The Morgan fingerprint density at radius 1 is 0.511 bits per heavy atom. The lowest BCUT2D eigenvalue weighted by Crippen LogP contribution is -2.41. The molecule has 16 heteroatoms. The van der Waals surface area contributed by atoms with E-state index in [1.165, 1.54) is 0 Å². The number of rotatable bonds is 35. The minimum absolute atomic E-state index is 0.264. The summed E-state index contributed by atoms with van der Waals surface area (Å²) >= 11 is 0. The van der Waals surface area contributed by atoms with Crippen molar-refractivity contribution in [3.05, 3.63) is 12.2 Å².